The lowest BCUT2D eigenvalue weighted by Gasteiger charge is -2.12. The maximum atomic E-state index is 13.1. The Bertz CT molecular complexity index is 1580. The number of nitrogen functional groups attached to an aromatic ring is 1. The molecule has 4 heterocycles. The molecule has 0 saturated carbocycles. The van der Waals surface area contributed by atoms with Crippen LogP contribution in [0.2, 0.25) is 0 Å². The van der Waals surface area contributed by atoms with Gasteiger partial charge in [0.05, 0.1) is 17.1 Å². The Morgan fingerprint density at radius 1 is 1.12 bits per heavy atom. The summed E-state index contributed by atoms with van der Waals surface area (Å²) in [5.41, 5.74) is 8.78. The van der Waals surface area contributed by atoms with Crippen molar-refractivity contribution in [1.29, 1.82) is 0 Å². The molecular formula is C23H18F3N7O. The summed E-state index contributed by atoms with van der Waals surface area (Å²) in [5, 5.41) is 3.27. The zero-order valence-corrected chi connectivity index (χ0v) is 18.1. The number of pyridine rings is 1. The highest BCUT2D eigenvalue weighted by molar-refractivity contribution is 6.04. The van der Waals surface area contributed by atoms with Gasteiger partial charge in [0.25, 0.3) is 5.91 Å². The van der Waals surface area contributed by atoms with Gasteiger partial charge in [-0.05, 0) is 42.3 Å². The predicted molar refractivity (Wildman–Crippen MR) is 121 cm³/mol. The molecule has 11 heteroatoms. The van der Waals surface area contributed by atoms with Crippen molar-refractivity contribution in [3.63, 3.8) is 0 Å². The van der Waals surface area contributed by atoms with E-state index in [0.717, 1.165) is 23.3 Å². The minimum Gasteiger partial charge on any atom is -0.383 e. The molecule has 0 spiro atoms. The van der Waals surface area contributed by atoms with Crippen molar-refractivity contribution in [3.05, 3.63) is 72.1 Å². The van der Waals surface area contributed by atoms with E-state index in [0.29, 0.717) is 28.1 Å². The Morgan fingerprint density at radius 3 is 2.68 bits per heavy atom. The van der Waals surface area contributed by atoms with Crippen LogP contribution in [0.25, 0.3) is 27.8 Å². The molecule has 34 heavy (non-hydrogen) atoms. The number of alkyl halides is 3. The van der Waals surface area contributed by atoms with E-state index in [1.807, 2.05) is 17.8 Å². The van der Waals surface area contributed by atoms with Crippen molar-refractivity contribution in [1.82, 2.24) is 23.9 Å². The highest BCUT2D eigenvalue weighted by Crippen LogP contribution is 2.34. The Morgan fingerprint density at radius 2 is 1.91 bits per heavy atom. The second-order valence-electron chi connectivity index (χ2n) is 7.88. The Labute approximate surface area is 190 Å². The van der Waals surface area contributed by atoms with Gasteiger partial charge in [0.15, 0.2) is 0 Å². The third-order valence-corrected chi connectivity index (χ3v) is 5.65. The molecule has 0 radical (unpaired) electrons. The first-order chi connectivity index (χ1) is 16.1. The average Bonchev–Trinajstić information content (AvgIpc) is 3.36. The number of fused-ring (bicyclic) bond motifs is 2. The van der Waals surface area contributed by atoms with E-state index in [1.54, 1.807) is 29.7 Å². The van der Waals surface area contributed by atoms with E-state index in [2.05, 4.69) is 20.3 Å². The normalized spacial score (nSPS) is 11.9. The van der Waals surface area contributed by atoms with E-state index < -0.39 is 17.6 Å². The first-order valence-corrected chi connectivity index (χ1v) is 10.2. The fourth-order valence-corrected chi connectivity index (χ4v) is 3.89. The topological polar surface area (TPSA) is 103 Å². The number of carbonyl (C=O) groups excluding carboxylic acids is 1. The van der Waals surface area contributed by atoms with Gasteiger partial charge in [-0.1, -0.05) is 6.07 Å². The van der Waals surface area contributed by atoms with E-state index in [-0.39, 0.29) is 11.4 Å². The van der Waals surface area contributed by atoms with Crippen LogP contribution in [0.15, 0.2) is 55.2 Å². The maximum absolute atomic E-state index is 13.1. The van der Waals surface area contributed by atoms with Crippen molar-refractivity contribution < 1.29 is 18.0 Å². The van der Waals surface area contributed by atoms with E-state index >= 15 is 0 Å². The number of aromatic nitrogens is 5. The number of carbonyl (C=O) groups is 1. The molecule has 0 aliphatic carbocycles. The molecule has 3 N–H and O–H groups in total. The van der Waals surface area contributed by atoms with Crippen molar-refractivity contribution in [2.24, 2.45) is 7.05 Å². The van der Waals surface area contributed by atoms with E-state index in [9.17, 15) is 18.0 Å². The summed E-state index contributed by atoms with van der Waals surface area (Å²) < 4.78 is 42.6. The molecule has 0 aliphatic heterocycles. The maximum Gasteiger partial charge on any atom is 0.416 e. The zero-order chi connectivity index (χ0) is 24.2. The second-order valence-corrected chi connectivity index (χ2v) is 7.88. The summed E-state index contributed by atoms with van der Waals surface area (Å²) in [6.45, 7) is 1.62. The molecule has 0 aliphatic rings. The van der Waals surface area contributed by atoms with Gasteiger partial charge < -0.3 is 15.6 Å². The molecule has 1 aromatic carbocycles. The summed E-state index contributed by atoms with van der Waals surface area (Å²) in [7, 11) is 1.85. The molecule has 0 bridgehead atoms. The predicted octanol–water partition coefficient (Wildman–Crippen LogP) is 4.44. The number of hydrogen-bond donors (Lipinski definition) is 2. The van der Waals surface area contributed by atoms with Gasteiger partial charge in [0, 0.05) is 30.7 Å². The number of nitrogens with zero attached hydrogens (tertiary/aromatic N) is 5. The van der Waals surface area contributed by atoms with Crippen LogP contribution in [0.4, 0.5) is 24.7 Å². The zero-order valence-electron chi connectivity index (χ0n) is 18.1. The molecule has 8 nitrogen and oxygen atoms in total. The third-order valence-electron chi connectivity index (χ3n) is 5.65. The first-order valence-electron chi connectivity index (χ1n) is 10.2. The summed E-state index contributed by atoms with van der Waals surface area (Å²) in [6, 6.07) is 6.79. The number of anilines is 2. The van der Waals surface area contributed by atoms with Gasteiger partial charge in [0.1, 0.15) is 29.1 Å². The quantitative estimate of drug-likeness (QED) is 0.410. The van der Waals surface area contributed by atoms with E-state index in [1.165, 1.54) is 18.6 Å². The number of aryl methyl sites for hydroxylation is 2. The number of nitrogens with two attached hydrogens (primary N) is 1. The number of amides is 1. The van der Waals surface area contributed by atoms with Crippen LogP contribution in [0, 0.1) is 6.92 Å². The molecule has 0 atom stereocenters. The Hall–Kier alpha value is -4.41. The van der Waals surface area contributed by atoms with Crippen molar-refractivity contribution in [3.8, 4) is 11.1 Å². The number of rotatable bonds is 3. The van der Waals surface area contributed by atoms with Crippen LogP contribution < -0.4 is 11.1 Å². The lowest BCUT2D eigenvalue weighted by atomic mass is 10.1. The minimum atomic E-state index is -4.51. The van der Waals surface area contributed by atoms with E-state index in [4.69, 9.17) is 5.73 Å². The summed E-state index contributed by atoms with van der Waals surface area (Å²) in [6.07, 6.45) is 1.82. The van der Waals surface area contributed by atoms with Gasteiger partial charge in [-0.25, -0.2) is 15.0 Å². The Kier molecular flexibility index (Phi) is 4.78. The van der Waals surface area contributed by atoms with Gasteiger partial charge in [-0.2, -0.15) is 13.2 Å². The van der Waals surface area contributed by atoms with Crippen LogP contribution in [-0.2, 0) is 13.2 Å². The largest absolute Gasteiger partial charge is 0.416 e. The van der Waals surface area contributed by atoms with Gasteiger partial charge in [0.2, 0.25) is 0 Å². The third kappa shape index (κ3) is 3.51. The molecule has 0 fully saturated rings. The lowest BCUT2D eigenvalue weighted by Crippen LogP contribution is -2.16. The standard InChI is InChI=1S/C23H18F3N7O/c1-12-3-4-14(23(24,25)26)8-16(12)31-22(34)17-9-28-18-7-13(5-6-33(17)18)15-10-32(2)21-19(15)20(27)29-11-30-21/h3-11H,1-2H3,(H,31,34)(H2,27,29,30). The Balaban J connectivity index is 1.51. The van der Waals surface area contributed by atoms with Crippen molar-refractivity contribution in [2.75, 3.05) is 11.1 Å². The number of imidazole rings is 1. The SMILES string of the molecule is Cc1ccc(C(F)(F)F)cc1NC(=O)c1cnc2cc(-c3cn(C)c4ncnc(N)c34)ccn12. The van der Waals surface area contributed by atoms with Gasteiger partial charge in [-0.15, -0.1) is 0 Å². The molecule has 4 aromatic heterocycles. The number of nitrogens with one attached hydrogen (secondary N) is 1. The van der Waals surface area contributed by atoms with Crippen LogP contribution >= 0.6 is 0 Å². The second kappa shape index (κ2) is 7.58. The molecule has 172 valence electrons. The fraction of sp³-hybridized carbons (Fsp3) is 0.130. The van der Waals surface area contributed by atoms with Crippen LogP contribution in [0.1, 0.15) is 21.6 Å². The highest BCUT2D eigenvalue weighted by Gasteiger charge is 2.31. The highest BCUT2D eigenvalue weighted by atomic mass is 19.4. The minimum absolute atomic E-state index is 0.0811. The van der Waals surface area contributed by atoms with Crippen LogP contribution in [0.3, 0.4) is 0 Å². The summed E-state index contributed by atoms with van der Waals surface area (Å²) in [4.78, 5) is 25.5. The van der Waals surface area contributed by atoms with Crippen LogP contribution in [-0.4, -0.2) is 29.8 Å². The number of hydrogen-bond acceptors (Lipinski definition) is 5. The fourth-order valence-electron chi connectivity index (χ4n) is 3.89. The molecule has 1 amide bonds. The van der Waals surface area contributed by atoms with Crippen molar-refractivity contribution in [2.45, 2.75) is 13.1 Å². The van der Waals surface area contributed by atoms with Crippen molar-refractivity contribution >= 4 is 34.1 Å². The first kappa shape index (κ1) is 21.4. The molecule has 0 saturated heterocycles. The monoisotopic (exact) mass is 465 g/mol. The number of benzene rings is 1. The van der Waals surface area contributed by atoms with Crippen LogP contribution in [0.5, 0.6) is 0 Å². The summed E-state index contributed by atoms with van der Waals surface area (Å²) in [5.74, 6) is -0.231. The molecular weight excluding hydrogens is 447 g/mol. The average molecular weight is 465 g/mol. The summed E-state index contributed by atoms with van der Waals surface area (Å²) >= 11 is 0. The molecule has 0 unspecified atom stereocenters. The van der Waals surface area contributed by atoms with Gasteiger partial charge in [-0.3, -0.25) is 9.20 Å². The number of halogens is 3. The lowest BCUT2D eigenvalue weighted by molar-refractivity contribution is -0.137. The smallest absolute Gasteiger partial charge is 0.383 e. The molecule has 5 rings (SSSR count). The molecule has 5 aromatic rings. The van der Waals surface area contributed by atoms with Gasteiger partial charge >= 0.3 is 6.18 Å².